The summed E-state index contributed by atoms with van der Waals surface area (Å²) in [5.74, 6) is 1.27. The molecule has 1 amide bonds. The lowest BCUT2D eigenvalue weighted by atomic mass is 9.91. The summed E-state index contributed by atoms with van der Waals surface area (Å²) in [6.45, 7) is 5.31. The molecule has 2 heterocycles. The van der Waals surface area contributed by atoms with E-state index in [9.17, 15) is 4.79 Å². The Morgan fingerprint density at radius 3 is 2.57 bits per heavy atom. The third kappa shape index (κ3) is 3.29. The first-order valence-corrected chi connectivity index (χ1v) is 8.14. The van der Waals surface area contributed by atoms with E-state index in [0.29, 0.717) is 23.3 Å². The van der Waals surface area contributed by atoms with Crippen LogP contribution in [-0.4, -0.2) is 34.9 Å². The highest BCUT2D eigenvalue weighted by Gasteiger charge is 2.28. The van der Waals surface area contributed by atoms with Crippen molar-refractivity contribution in [1.29, 1.82) is 0 Å². The van der Waals surface area contributed by atoms with Gasteiger partial charge in [-0.25, -0.2) is 4.98 Å². The number of aromatic nitrogens is 1. The van der Waals surface area contributed by atoms with Gasteiger partial charge in [0.15, 0.2) is 0 Å². The van der Waals surface area contributed by atoms with Crippen LogP contribution >= 0.6 is 0 Å². The average molecular weight is 313 g/mol. The summed E-state index contributed by atoms with van der Waals surface area (Å²) in [4.78, 5) is 19.0. The van der Waals surface area contributed by atoms with Gasteiger partial charge in [-0.15, -0.1) is 0 Å². The van der Waals surface area contributed by atoms with Gasteiger partial charge in [0.1, 0.15) is 0 Å². The first kappa shape index (κ1) is 15.7. The molecule has 2 aromatic rings. The minimum absolute atomic E-state index is 0.0692. The molecule has 1 saturated heterocycles. The van der Waals surface area contributed by atoms with Crippen molar-refractivity contribution in [2.75, 3.05) is 13.1 Å². The third-order valence-electron chi connectivity index (χ3n) is 4.58. The van der Waals surface area contributed by atoms with Gasteiger partial charge in [-0.1, -0.05) is 18.2 Å². The molecule has 0 bridgehead atoms. The van der Waals surface area contributed by atoms with E-state index in [2.05, 4.69) is 4.98 Å². The number of amides is 1. The molecule has 1 fully saturated rings. The van der Waals surface area contributed by atoms with Crippen molar-refractivity contribution in [3.63, 3.8) is 0 Å². The van der Waals surface area contributed by atoms with Crippen molar-refractivity contribution in [2.24, 2.45) is 11.7 Å². The molecule has 5 nitrogen and oxygen atoms in total. The predicted octanol–water partition coefficient (Wildman–Crippen LogP) is 2.85. The largest absolute Gasteiger partial charge is 0.431 e. The van der Waals surface area contributed by atoms with E-state index in [1.165, 1.54) is 0 Å². The molecular formula is C18H23N3O2. The summed E-state index contributed by atoms with van der Waals surface area (Å²) in [7, 11) is 0. The van der Waals surface area contributed by atoms with E-state index < -0.39 is 0 Å². The second kappa shape index (κ2) is 6.54. The Hall–Kier alpha value is -2.14. The first-order chi connectivity index (χ1) is 11.1. The summed E-state index contributed by atoms with van der Waals surface area (Å²) in [6.07, 6.45) is 1.89. The molecule has 2 N–H and O–H groups in total. The third-order valence-corrected chi connectivity index (χ3v) is 4.58. The average Bonchev–Trinajstić information content (AvgIpc) is 2.97. The van der Waals surface area contributed by atoms with E-state index in [4.69, 9.17) is 10.2 Å². The van der Waals surface area contributed by atoms with Gasteiger partial charge in [0.2, 0.25) is 11.7 Å². The molecule has 0 radical (unpaired) electrons. The maximum absolute atomic E-state index is 12.7. The number of carbonyl (C=O) groups is 1. The lowest BCUT2D eigenvalue weighted by molar-refractivity contribution is 0.0649. The minimum Gasteiger partial charge on any atom is -0.431 e. The van der Waals surface area contributed by atoms with Gasteiger partial charge >= 0.3 is 0 Å². The van der Waals surface area contributed by atoms with Gasteiger partial charge in [0, 0.05) is 24.7 Å². The standard InChI is InChI=1S/C18H23N3O2/c1-12(19)14-8-10-21(11-9-14)18(22)16-13(2)20-17(23-16)15-6-4-3-5-7-15/h3-7,12,14H,8-11,19H2,1-2H3. The topological polar surface area (TPSA) is 72.4 Å². The molecule has 1 aromatic heterocycles. The maximum atomic E-state index is 12.7. The van der Waals surface area contributed by atoms with Gasteiger partial charge < -0.3 is 15.1 Å². The summed E-state index contributed by atoms with van der Waals surface area (Å²) in [5.41, 5.74) is 7.48. The highest BCUT2D eigenvalue weighted by molar-refractivity contribution is 5.93. The number of benzene rings is 1. The molecule has 0 saturated carbocycles. The van der Waals surface area contributed by atoms with Gasteiger partial charge in [0.05, 0.1) is 5.69 Å². The summed E-state index contributed by atoms with van der Waals surface area (Å²) in [5, 5.41) is 0. The van der Waals surface area contributed by atoms with Crippen molar-refractivity contribution < 1.29 is 9.21 Å². The zero-order chi connectivity index (χ0) is 16.4. The lowest BCUT2D eigenvalue weighted by Gasteiger charge is -2.33. The number of aryl methyl sites for hydroxylation is 1. The fourth-order valence-corrected chi connectivity index (χ4v) is 3.07. The Balaban J connectivity index is 1.75. The van der Waals surface area contributed by atoms with E-state index in [1.807, 2.05) is 49.1 Å². The van der Waals surface area contributed by atoms with Gasteiger partial charge in [-0.05, 0) is 44.7 Å². The van der Waals surface area contributed by atoms with Crippen LogP contribution in [0.3, 0.4) is 0 Å². The number of rotatable bonds is 3. The van der Waals surface area contributed by atoms with Crippen molar-refractivity contribution >= 4 is 5.91 Å². The van der Waals surface area contributed by atoms with E-state index in [0.717, 1.165) is 31.5 Å². The van der Waals surface area contributed by atoms with Crippen molar-refractivity contribution in [1.82, 2.24) is 9.88 Å². The Morgan fingerprint density at radius 2 is 1.96 bits per heavy atom. The second-order valence-corrected chi connectivity index (χ2v) is 6.29. The molecule has 1 aliphatic rings. The summed E-state index contributed by atoms with van der Waals surface area (Å²) in [6, 6.07) is 9.82. The van der Waals surface area contributed by atoms with Crippen LogP contribution in [0, 0.1) is 12.8 Å². The smallest absolute Gasteiger partial charge is 0.291 e. The Bertz CT molecular complexity index is 671. The number of likely N-dealkylation sites (tertiary alicyclic amines) is 1. The molecular weight excluding hydrogens is 290 g/mol. The molecule has 1 unspecified atom stereocenters. The van der Waals surface area contributed by atoms with E-state index in [-0.39, 0.29) is 11.9 Å². The number of carbonyl (C=O) groups excluding carboxylic acids is 1. The SMILES string of the molecule is Cc1nc(-c2ccccc2)oc1C(=O)N1CCC(C(C)N)CC1. The van der Waals surface area contributed by atoms with Crippen LogP contribution < -0.4 is 5.73 Å². The fourth-order valence-electron chi connectivity index (χ4n) is 3.07. The van der Waals surface area contributed by atoms with E-state index >= 15 is 0 Å². The molecule has 23 heavy (non-hydrogen) atoms. The van der Waals surface area contributed by atoms with Gasteiger partial charge in [-0.3, -0.25) is 4.79 Å². The molecule has 3 rings (SSSR count). The minimum atomic E-state index is -0.0692. The van der Waals surface area contributed by atoms with Gasteiger partial charge in [0.25, 0.3) is 5.91 Å². The van der Waals surface area contributed by atoms with Crippen LogP contribution in [0.4, 0.5) is 0 Å². The number of piperidine rings is 1. The van der Waals surface area contributed by atoms with Crippen LogP contribution in [-0.2, 0) is 0 Å². The van der Waals surface area contributed by atoms with Crippen molar-refractivity contribution in [2.45, 2.75) is 32.7 Å². The molecule has 5 heteroatoms. The fraction of sp³-hybridized carbons (Fsp3) is 0.444. The maximum Gasteiger partial charge on any atom is 0.291 e. The van der Waals surface area contributed by atoms with Crippen molar-refractivity contribution in [3.05, 3.63) is 41.8 Å². The first-order valence-electron chi connectivity index (χ1n) is 8.14. The van der Waals surface area contributed by atoms with Crippen LogP contribution in [0.2, 0.25) is 0 Å². The summed E-state index contributed by atoms with van der Waals surface area (Å²) < 4.78 is 5.76. The number of nitrogens with zero attached hydrogens (tertiary/aromatic N) is 2. The Morgan fingerprint density at radius 1 is 1.30 bits per heavy atom. The normalized spacial score (nSPS) is 17.3. The zero-order valence-corrected chi connectivity index (χ0v) is 13.7. The number of oxazole rings is 1. The van der Waals surface area contributed by atoms with E-state index in [1.54, 1.807) is 0 Å². The lowest BCUT2D eigenvalue weighted by Crippen LogP contribution is -2.42. The quantitative estimate of drug-likeness (QED) is 0.945. The molecule has 0 spiro atoms. The van der Waals surface area contributed by atoms with Crippen LogP contribution in [0.1, 0.15) is 36.0 Å². The van der Waals surface area contributed by atoms with Crippen molar-refractivity contribution in [3.8, 4) is 11.5 Å². The van der Waals surface area contributed by atoms with Gasteiger partial charge in [-0.2, -0.15) is 0 Å². The van der Waals surface area contributed by atoms with Crippen LogP contribution in [0.25, 0.3) is 11.5 Å². The number of hydrogen-bond acceptors (Lipinski definition) is 4. The van der Waals surface area contributed by atoms with Crippen LogP contribution in [0.15, 0.2) is 34.7 Å². The molecule has 1 atom stereocenters. The predicted molar refractivity (Wildman–Crippen MR) is 89.0 cm³/mol. The highest BCUT2D eigenvalue weighted by atomic mass is 16.4. The molecule has 1 aliphatic heterocycles. The number of hydrogen-bond donors (Lipinski definition) is 1. The Kier molecular flexibility index (Phi) is 4.48. The summed E-state index contributed by atoms with van der Waals surface area (Å²) >= 11 is 0. The molecule has 0 aliphatic carbocycles. The highest BCUT2D eigenvalue weighted by Crippen LogP contribution is 2.25. The second-order valence-electron chi connectivity index (χ2n) is 6.29. The zero-order valence-electron chi connectivity index (χ0n) is 13.7. The molecule has 1 aromatic carbocycles. The monoisotopic (exact) mass is 313 g/mol. The van der Waals surface area contributed by atoms with Crippen LogP contribution in [0.5, 0.6) is 0 Å². The molecule has 122 valence electrons. The number of nitrogens with two attached hydrogens (primary N) is 1. The Labute approximate surface area is 136 Å².